The number of rotatable bonds is 3. The van der Waals surface area contributed by atoms with Crippen LogP contribution in [-0.4, -0.2) is 11.2 Å². The second kappa shape index (κ2) is 4.27. The van der Waals surface area contributed by atoms with Crippen LogP contribution in [0.3, 0.4) is 0 Å². The van der Waals surface area contributed by atoms with Crippen molar-refractivity contribution >= 4 is 0 Å². The zero-order chi connectivity index (χ0) is 8.97. The van der Waals surface area contributed by atoms with E-state index in [0.717, 1.165) is 12.8 Å². The van der Waals surface area contributed by atoms with Gasteiger partial charge in [-0.25, -0.2) is 0 Å². The predicted octanol–water partition coefficient (Wildman–Crippen LogP) is 2.17. The summed E-state index contributed by atoms with van der Waals surface area (Å²) in [6.45, 7) is 3.96. The molecule has 0 aromatic heterocycles. The third-order valence-electron chi connectivity index (χ3n) is 1.96. The molecular weight excluding hydrogens is 148 g/mol. The normalized spacial score (nSPS) is 12.9. The zero-order valence-corrected chi connectivity index (χ0v) is 7.75. The maximum atomic E-state index is 9.13. The van der Waals surface area contributed by atoms with Crippen LogP contribution in [0.2, 0.25) is 0 Å². The van der Waals surface area contributed by atoms with E-state index in [4.69, 9.17) is 5.11 Å². The summed E-state index contributed by atoms with van der Waals surface area (Å²) in [5, 5.41) is 9.13. The van der Waals surface area contributed by atoms with E-state index >= 15 is 0 Å². The van der Waals surface area contributed by atoms with Gasteiger partial charge in [0.1, 0.15) is 0 Å². The van der Waals surface area contributed by atoms with E-state index < -0.39 is 0 Å². The van der Waals surface area contributed by atoms with Crippen LogP contribution < -0.4 is 0 Å². The minimum Gasteiger partial charge on any atom is -0.393 e. The highest BCUT2D eigenvalue weighted by molar-refractivity contribution is 5.22. The highest BCUT2D eigenvalue weighted by Gasteiger charge is 1.97. The van der Waals surface area contributed by atoms with E-state index in [1.807, 2.05) is 6.92 Å². The van der Waals surface area contributed by atoms with Crippen LogP contribution >= 0.6 is 0 Å². The van der Waals surface area contributed by atoms with Gasteiger partial charge in [0.25, 0.3) is 0 Å². The monoisotopic (exact) mass is 164 g/mol. The van der Waals surface area contributed by atoms with Crippen LogP contribution in [0.15, 0.2) is 24.3 Å². The first-order chi connectivity index (χ1) is 5.72. The number of aliphatic hydroxyl groups excluding tert-OH is 1. The number of aryl methyl sites for hydroxylation is 1. The summed E-state index contributed by atoms with van der Waals surface area (Å²) in [6.07, 6.45) is 1.59. The summed E-state index contributed by atoms with van der Waals surface area (Å²) in [4.78, 5) is 0. The van der Waals surface area contributed by atoms with Crippen LogP contribution in [0.1, 0.15) is 25.0 Å². The van der Waals surface area contributed by atoms with E-state index in [-0.39, 0.29) is 6.10 Å². The molecule has 0 bridgehead atoms. The minimum atomic E-state index is -0.238. The lowest BCUT2D eigenvalue weighted by atomic mass is 10.1. The molecule has 12 heavy (non-hydrogen) atoms. The average Bonchev–Trinajstić information content (AvgIpc) is 2.05. The molecule has 0 spiro atoms. The lowest BCUT2D eigenvalue weighted by molar-refractivity contribution is 0.195. The van der Waals surface area contributed by atoms with Crippen molar-refractivity contribution in [3.63, 3.8) is 0 Å². The van der Waals surface area contributed by atoms with Gasteiger partial charge in [0.05, 0.1) is 6.10 Å². The quantitative estimate of drug-likeness (QED) is 0.726. The van der Waals surface area contributed by atoms with Gasteiger partial charge in [-0.05, 0) is 30.9 Å². The molecule has 0 heterocycles. The summed E-state index contributed by atoms with van der Waals surface area (Å²) in [6, 6.07) is 8.42. The molecule has 0 fully saturated rings. The number of hydrogen-bond donors (Lipinski definition) is 1. The molecule has 0 radical (unpaired) electrons. The molecule has 0 unspecified atom stereocenters. The van der Waals surface area contributed by atoms with Gasteiger partial charge in [-0.1, -0.05) is 31.2 Å². The van der Waals surface area contributed by atoms with Crippen LogP contribution in [0.4, 0.5) is 0 Å². The average molecular weight is 164 g/mol. The summed E-state index contributed by atoms with van der Waals surface area (Å²) in [7, 11) is 0. The van der Waals surface area contributed by atoms with Gasteiger partial charge >= 0.3 is 0 Å². The van der Waals surface area contributed by atoms with Crippen LogP contribution in [0.5, 0.6) is 0 Å². The first kappa shape index (κ1) is 9.27. The Morgan fingerprint density at radius 3 is 2.08 bits per heavy atom. The molecular formula is C11H16O. The third-order valence-corrected chi connectivity index (χ3v) is 1.96. The standard InChI is InChI=1S/C11H16O/c1-3-10-4-6-11(7-5-10)8-9(2)12/h4-7,9,12H,3,8H2,1-2H3/t9-/m1/s1. The topological polar surface area (TPSA) is 20.2 Å². The van der Waals surface area contributed by atoms with Gasteiger partial charge in [0, 0.05) is 0 Å². The SMILES string of the molecule is CCc1ccc(C[C@@H](C)O)cc1. The molecule has 0 amide bonds. The number of hydrogen-bond acceptors (Lipinski definition) is 1. The van der Waals surface area contributed by atoms with Crippen molar-refractivity contribution in [2.75, 3.05) is 0 Å². The molecule has 1 N–H and O–H groups in total. The fraction of sp³-hybridized carbons (Fsp3) is 0.455. The predicted molar refractivity (Wildman–Crippen MR) is 51.2 cm³/mol. The van der Waals surface area contributed by atoms with Crippen molar-refractivity contribution in [3.05, 3.63) is 35.4 Å². The number of aliphatic hydroxyl groups is 1. The third kappa shape index (κ3) is 2.67. The molecule has 0 saturated heterocycles. The van der Waals surface area contributed by atoms with Gasteiger partial charge in [0.2, 0.25) is 0 Å². The first-order valence-electron chi connectivity index (χ1n) is 4.48. The van der Waals surface area contributed by atoms with E-state index in [1.54, 1.807) is 0 Å². The maximum absolute atomic E-state index is 9.13. The number of benzene rings is 1. The lowest BCUT2D eigenvalue weighted by Crippen LogP contribution is -2.03. The first-order valence-corrected chi connectivity index (χ1v) is 4.48. The van der Waals surface area contributed by atoms with Gasteiger partial charge in [0.15, 0.2) is 0 Å². The van der Waals surface area contributed by atoms with Crippen LogP contribution in [-0.2, 0) is 12.8 Å². The second-order valence-electron chi connectivity index (χ2n) is 3.22. The van der Waals surface area contributed by atoms with Crippen molar-refractivity contribution in [3.8, 4) is 0 Å². The summed E-state index contributed by atoms with van der Waals surface area (Å²) in [5.41, 5.74) is 2.56. The van der Waals surface area contributed by atoms with Crippen LogP contribution in [0.25, 0.3) is 0 Å². The molecule has 1 aromatic carbocycles. The fourth-order valence-electron chi connectivity index (χ4n) is 1.25. The van der Waals surface area contributed by atoms with Crippen LogP contribution in [0, 0.1) is 0 Å². The second-order valence-corrected chi connectivity index (χ2v) is 3.22. The highest BCUT2D eigenvalue weighted by atomic mass is 16.3. The van der Waals surface area contributed by atoms with E-state index in [2.05, 4.69) is 31.2 Å². The minimum absolute atomic E-state index is 0.238. The zero-order valence-electron chi connectivity index (χ0n) is 7.75. The van der Waals surface area contributed by atoms with Gasteiger partial charge < -0.3 is 5.11 Å². The Balaban J connectivity index is 2.65. The summed E-state index contributed by atoms with van der Waals surface area (Å²) < 4.78 is 0. The van der Waals surface area contributed by atoms with Crippen molar-refractivity contribution in [1.82, 2.24) is 0 Å². The Morgan fingerprint density at radius 2 is 1.67 bits per heavy atom. The smallest absolute Gasteiger partial charge is 0.0552 e. The summed E-state index contributed by atoms with van der Waals surface area (Å²) >= 11 is 0. The van der Waals surface area contributed by atoms with Crippen molar-refractivity contribution in [2.24, 2.45) is 0 Å². The molecule has 1 rings (SSSR count). The van der Waals surface area contributed by atoms with Crippen molar-refractivity contribution in [1.29, 1.82) is 0 Å². The molecule has 66 valence electrons. The van der Waals surface area contributed by atoms with E-state index in [9.17, 15) is 0 Å². The van der Waals surface area contributed by atoms with Crippen molar-refractivity contribution in [2.45, 2.75) is 32.8 Å². The molecule has 1 nitrogen and oxygen atoms in total. The molecule has 0 aliphatic carbocycles. The molecule has 1 aromatic rings. The Bertz CT molecular complexity index is 223. The van der Waals surface area contributed by atoms with Crippen molar-refractivity contribution < 1.29 is 5.11 Å². The largest absolute Gasteiger partial charge is 0.393 e. The lowest BCUT2D eigenvalue weighted by Gasteiger charge is -2.04. The molecule has 0 aliphatic heterocycles. The van der Waals surface area contributed by atoms with Gasteiger partial charge in [-0.15, -0.1) is 0 Å². The molecule has 0 aliphatic rings. The Morgan fingerprint density at radius 1 is 1.17 bits per heavy atom. The fourth-order valence-corrected chi connectivity index (χ4v) is 1.25. The Kier molecular flexibility index (Phi) is 3.30. The Hall–Kier alpha value is -0.820. The maximum Gasteiger partial charge on any atom is 0.0552 e. The summed E-state index contributed by atoms with van der Waals surface area (Å²) in [5.74, 6) is 0. The van der Waals surface area contributed by atoms with Gasteiger partial charge in [-0.2, -0.15) is 0 Å². The van der Waals surface area contributed by atoms with E-state index in [1.165, 1.54) is 11.1 Å². The van der Waals surface area contributed by atoms with Gasteiger partial charge in [-0.3, -0.25) is 0 Å². The Labute approximate surface area is 74.1 Å². The molecule has 1 heteroatoms. The molecule has 1 atom stereocenters. The van der Waals surface area contributed by atoms with E-state index in [0.29, 0.717) is 0 Å². The highest BCUT2D eigenvalue weighted by Crippen LogP contribution is 2.06. The molecule has 0 saturated carbocycles.